The maximum absolute atomic E-state index is 12.9. The fourth-order valence-electron chi connectivity index (χ4n) is 3.20. The molecule has 10 nitrogen and oxygen atoms in total. The number of carbonyl (C=O) groups is 2. The predicted molar refractivity (Wildman–Crippen MR) is 128 cm³/mol. The number of rotatable bonds is 12. The molecule has 34 heavy (non-hydrogen) atoms. The van der Waals surface area contributed by atoms with Crippen LogP contribution in [0, 0.1) is 0 Å². The molecule has 1 amide bonds. The van der Waals surface area contributed by atoms with Crippen LogP contribution in [0.5, 0.6) is 11.5 Å². The number of anilines is 1. The monoisotopic (exact) mass is 492 g/mol. The lowest BCUT2D eigenvalue weighted by atomic mass is 9.77. The van der Waals surface area contributed by atoms with Crippen LogP contribution in [0.2, 0.25) is 0 Å². The van der Waals surface area contributed by atoms with Gasteiger partial charge in [-0.05, 0) is 43.6 Å². The van der Waals surface area contributed by atoms with Crippen LogP contribution < -0.4 is 20.3 Å². The van der Waals surface area contributed by atoms with E-state index < -0.39 is 29.7 Å². The van der Waals surface area contributed by atoms with Gasteiger partial charge < -0.3 is 24.8 Å². The van der Waals surface area contributed by atoms with Gasteiger partial charge in [0, 0.05) is 13.1 Å². The summed E-state index contributed by atoms with van der Waals surface area (Å²) in [7, 11) is -5.66. The molecule has 0 aromatic heterocycles. The van der Waals surface area contributed by atoms with Crippen molar-refractivity contribution in [2.45, 2.75) is 38.7 Å². The van der Waals surface area contributed by atoms with Crippen LogP contribution in [0.1, 0.15) is 38.1 Å². The molecule has 0 radical (unpaired) electrons. The van der Waals surface area contributed by atoms with E-state index in [0.29, 0.717) is 19.4 Å². The summed E-state index contributed by atoms with van der Waals surface area (Å²) in [5, 5.41) is 21.4. The average molecular weight is 492 g/mol. The molecule has 0 saturated carbocycles. The molecule has 0 aliphatic carbocycles. The highest BCUT2D eigenvalue weighted by Gasteiger charge is 2.24. The lowest BCUT2D eigenvalue weighted by Gasteiger charge is -2.20. The lowest BCUT2D eigenvalue weighted by Crippen LogP contribution is -2.33. The van der Waals surface area contributed by atoms with Crippen LogP contribution >= 0.6 is 0 Å². The second kappa shape index (κ2) is 12.0. The van der Waals surface area contributed by atoms with Crippen LogP contribution in [0.15, 0.2) is 41.3 Å². The molecule has 184 valence electrons. The van der Waals surface area contributed by atoms with Crippen LogP contribution in [-0.4, -0.2) is 67.9 Å². The van der Waals surface area contributed by atoms with Gasteiger partial charge in [-0.3, -0.25) is 9.59 Å². The van der Waals surface area contributed by atoms with Gasteiger partial charge in [0.2, 0.25) is 10.0 Å². The molecule has 2 aromatic carbocycles. The number of sulfonamides is 1. The number of nitrogens with one attached hydrogen (secondary N) is 1. The van der Waals surface area contributed by atoms with E-state index >= 15 is 0 Å². The molecule has 0 unspecified atom stereocenters. The van der Waals surface area contributed by atoms with Gasteiger partial charge >= 0.3 is 7.12 Å². The van der Waals surface area contributed by atoms with Crippen molar-refractivity contribution in [3.05, 3.63) is 42.0 Å². The minimum Gasteiger partial charge on any atom is -0.489 e. The van der Waals surface area contributed by atoms with Crippen molar-refractivity contribution < 1.29 is 37.5 Å². The molecule has 2 aromatic rings. The van der Waals surface area contributed by atoms with Crippen LogP contribution in [0.4, 0.5) is 5.69 Å². The Kier molecular flexibility index (Phi) is 9.62. The molecule has 0 atom stereocenters. The van der Waals surface area contributed by atoms with Gasteiger partial charge in [0.05, 0.1) is 22.3 Å². The highest BCUT2D eigenvalue weighted by Crippen LogP contribution is 2.30. The van der Waals surface area contributed by atoms with Gasteiger partial charge in [-0.2, -0.15) is 4.31 Å². The zero-order valence-corrected chi connectivity index (χ0v) is 20.3. The normalized spacial score (nSPS) is 11.4. The Morgan fingerprint density at radius 1 is 1.15 bits per heavy atom. The Hall–Kier alpha value is -2.93. The largest absolute Gasteiger partial charge is 0.489 e. The highest BCUT2D eigenvalue weighted by atomic mass is 32.2. The maximum atomic E-state index is 12.9. The molecule has 0 aliphatic heterocycles. The maximum Gasteiger partial charge on any atom is 0.489 e. The number of nitrogens with zero attached hydrogens (tertiary/aromatic N) is 1. The molecule has 0 bridgehead atoms. The fourth-order valence-corrected chi connectivity index (χ4v) is 4.69. The van der Waals surface area contributed by atoms with E-state index in [0.717, 1.165) is 0 Å². The highest BCUT2D eigenvalue weighted by molar-refractivity contribution is 7.89. The molecular formula is C22H29BN2O8S. The van der Waals surface area contributed by atoms with Crippen LogP contribution in [0.25, 0.3) is 0 Å². The topological polar surface area (TPSA) is 142 Å². The Bertz CT molecular complexity index is 1120. The predicted octanol–water partition coefficient (Wildman–Crippen LogP) is 1.01. The number of aldehydes is 1. The molecular weight excluding hydrogens is 463 g/mol. The Morgan fingerprint density at radius 2 is 1.82 bits per heavy atom. The third-order valence-electron chi connectivity index (χ3n) is 4.79. The van der Waals surface area contributed by atoms with Gasteiger partial charge in [-0.15, -0.1) is 0 Å². The molecule has 0 aliphatic rings. The summed E-state index contributed by atoms with van der Waals surface area (Å²) >= 11 is 0. The number of ether oxygens (including phenoxy) is 2. The van der Waals surface area contributed by atoms with E-state index in [1.54, 1.807) is 27.7 Å². The summed E-state index contributed by atoms with van der Waals surface area (Å²) in [5.41, 5.74) is -0.0121. The van der Waals surface area contributed by atoms with Gasteiger partial charge in [0.15, 0.2) is 12.9 Å². The van der Waals surface area contributed by atoms with Crippen molar-refractivity contribution in [3.8, 4) is 11.5 Å². The zero-order valence-electron chi connectivity index (χ0n) is 19.5. The smallest absolute Gasteiger partial charge is 0.489 e. The third kappa shape index (κ3) is 6.57. The summed E-state index contributed by atoms with van der Waals surface area (Å²) < 4.78 is 38.2. The first-order chi connectivity index (χ1) is 16.0. The van der Waals surface area contributed by atoms with Gasteiger partial charge in [-0.1, -0.05) is 26.0 Å². The van der Waals surface area contributed by atoms with Crippen molar-refractivity contribution in [2.24, 2.45) is 0 Å². The first-order valence-corrected chi connectivity index (χ1v) is 12.2. The second-order valence-corrected chi connectivity index (χ2v) is 9.44. The van der Waals surface area contributed by atoms with E-state index in [2.05, 4.69) is 5.32 Å². The zero-order chi connectivity index (χ0) is 25.5. The first kappa shape index (κ1) is 27.3. The van der Waals surface area contributed by atoms with Crippen molar-refractivity contribution in [1.82, 2.24) is 4.31 Å². The van der Waals surface area contributed by atoms with Gasteiger partial charge in [-0.25, -0.2) is 8.42 Å². The molecule has 0 saturated heterocycles. The van der Waals surface area contributed by atoms with Crippen LogP contribution in [0.3, 0.4) is 0 Å². The Balaban J connectivity index is 2.30. The number of hydrogen-bond acceptors (Lipinski definition) is 8. The molecule has 3 N–H and O–H groups in total. The van der Waals surface area contributed by atoms with Crippen molar-refractivity contribution >= 4 is 40.5 Å². The minimum absolute atomic E-state index is 0.00333. The average Bonchev–Trinajstić information content (AvgIpc) is 2.78. The number of benzene rings is 2. The minimum atomic E-state index is -3.77. The summed E-state index contributed by atoms with van der Waals surface area (Å²) in [4.78, 5) is 24.0. The second-order valence-electron chi connectivity index (χ2n) is 7.50. The number of hydrogen-bond donors (Lipinski definition) is 3. The van der Waals surface area contributed by atoms with E-state index in [-0.39, 0.29) is 39.2 Å². The van der Waals surface area contributed by atoms with E-state index in [1.807, 2.05) is 0 Å². The van der Waals surface area contributed by atoms with Crippen molar-refractivity contribution in [1.29, 1.82) is 0 Å². The number of carbonyl (C=O) groups excluding carboxylic acids is 2. The van der Waals surface area contributed by atoms with Gasteiger partial charge in [0.1, 0.15) is 11.5 Å². The van der Waals surface area contributed by atoms with Crippen molar-refractivity contribution in [2.75, 3.05) is 25.0 Å². The molecule has 0 spiro atoms. The summed E-state index contributed by atoms with van der Waals surface area (Å²) in [6.07, 6.45) is 0.165. The van der Waals surface area contributed by atoms with E-state index in [1.165, 1.54) is 40.7 Å². The lowest BCUT2D eigenvalue weighted by molar-refractivity contribution is -0.118. The Labute approximate surface area is 199 Å². The summed E-state index contributed by atoms with van der Waals surface area (Å²) in [6.45, 7) is 7.10. The van der Waals surface area contributed by atoms with Crippen LogP contribution in [-0.2, 0) is 14.8 Å². The number of amides is 1. The molecule has 2 rings (SSSR count). The SMILES string of the molecule is CCN(CC)S(=O)(=O)c1ccc(OC(C)C)c(NC(=O)COc2cccc(B(O)O)c2C=O)c1. The summed E-state index contributed by atoms with van der Waals surface area (Å²) in [6, 6.07) is 8.42. The molecule has 0 fully saturated rings. The molecule has 12 heteroatoms. The van der Waals surface area contributed by atoms with Gasteiger partial charge in [0.25, 0.3) is 5.91 Å². The quantitative estimate of drug-likeness (QED) is 0.295. The standard InChI is InChI=1S/C22H29BN2O8S/c1-5-25(6-2)34(30,31)16-10-11-21(33-15(3)4)19(12-16)24-22(27)14-32-20-9-7-8-18(23(28)29)17(20)13-26/h7-13,15,28-29H,5-6,14H2,1-4H3,(H,24,27). The Morgan fingerprint density at radius 3 is 2.38 bits per heavy atom. The van der Waals surface area contributed by atoms with Crippen molar-refractivity contribution in [3.63, 3.8) is 0 Å². The van der Waals surface area contributed by atoms with E-state index in [9.17, 15) is 28.1 Å². The molecule has 0 heterocycles. The van der Waals surface area contributed by atoms with E-state index in [4.69, 9.17) is 9.47 Å². The summed E-state index contributed by atoms with van der Waals surface area (Å²) in [5.74, 6) is -0.370. The third-order valence-corrected chi connectivity index (χ3v) is 6.83. The fraction of sp³-hybridized carbons (Fsp3) is 0.364. The first-order valence-electron chi connectivity index (χ1n) is 10.7.